The van der Waals surface area contributed by atoms with Crippen molar-refractivity contribution in [2.45, 2.75) is 32.9 Å². The largest absolute Gasteiger partial charge is 0.494 e. The minimum absolute atomic E-state index is 0.421. The number of carboxylic acid groups (broad SMARTS) is 1. The molecule has 1 aromatic carbocycles. The predicted molar refractivity (Wildman–Crippen MR) is 87.4 cm³/mol. The normalized spacial score (nSPS) is 12.3. The number of carboxylic acids is 1. The van der Waals surface area contributed by atoms with E-state index >= 15 is 0 Å². The lowest BCUT2D eigenvalue weighted by atomic mass is 10.1. The van der Waals surface area contributed by atoms with Gasteiger partial charge in [0.15, 0.2) is 0 Å². The maximum Gasteiger partial charge on any atom is 0.325 e. The monoisotopic (exact) mass is 317 g/mol. The second-order valence-electron chi connectivity index (χ2n) is 5.59. The van der Waals surface area contributed by atoms with Gasteiger partial charge in [0.1, 0.15) is 17.6 Å². The van der Waals surface area contributed by atoms with E-state index in [-0.39, 0.29) is 0 Å². The highest BCUT2D eigenvalue weighted by Gasteiger charge is 2.25. The van der Waals surface area contributed by atoms with Crippen LogP contribution in [-0.4, -0.2) is 39.6 Å². The van der Waals surface area contributed by atoms with Gasteiger partial charge in [-0.3, -0.25) is 9.69 Å². The standard InChI is InChI=1S/C17H23N3O3/c1-4-8-23-14-7-5-6-13(9-14)16(17(21)22)20(3)11-15-18-10-12(2)19-15/h5-7,9-10,16H,4,8,11H2,1-3H3,(H,18,19)(H,21,22). The zero-order valence-corrected chi connectivity index (χ0v) is 13.7. The summed E-state index contributed by atoms with van der Waals surface area (Å²) in [5.41, 5.74) is 1.65. The van der Waals surface area contributed by atoms with E-state index in [2.05, 4.69) is 9.97 Å². The number of nitrogens with one attached hydrogen (secondary N) is 1. The highest BCUT2D eigenvalue weighted by Crippen LogP contribution is 2.25. The molecule has 1 aromatic heterocycles. The van der Waals surface area contributed by atoms with Gasteiger partial charge in [-0.05, 0) is 38.1 Å². The van der Waals surface area contributed by atoms with Gasteiger partial charge >= 0.3 is 5.97 Å². The van der Waals surface area contributed by atoms with Crippen LogP contribution >= 0.6 is 0 Å². The van der Waals surface area contributed by atoms with Crippen LogP contribution in [0, 0.1) is 6.92 Å². The Kier molecular flexibility index (Phi) is 5.76. The molecule has 0 aliphatic carbocycles. The molecule has 23 heavy (non-hydrogen) atoms. The number of aryl methyl sites for hydroxylation is 1. The van der Waals surface area contributed by atoms with E-state index in [4.69, 9.17) is 4.74 Å². The summed E-state index contributed by atoms with van der Waals surface area (Å²) in [6.07, 6.45) is 2.64. The van der Waals surface area contributed by atoms with Crippen molar-refractivity contribution < 1.29 is 14.6 Å². The number of imidazole rings is 1. The second kappa shape index (κ2) is 7.78. The number of H-pyrrole nitrogens is 1. The van der Waals surface area contributed by atoms with Crippen molar-refractivity contribution in [2.75, 3.05) is 13.7 Å². The summed E-state index contributed by atoms with van der Waals surface area (Å²) in [5, 5.41) is 9.63. The van der Waals surface area contributed by atoms with Gasteiger partial charge in [0.05, 0.1) is 13.2 Å². The molecule has 0 saturated carbocycles. The molecule has 2 aromatic rings. The lowest BCUT2D eigenvalue weighted by Gasteiger charge is -2.24. The first-order valence-electron chi connectivity index (χ1n) is 7.67. The number of aromatic nitrogens is 2. The quantitative estimate of drug-likeness (QED) is 0.783. The number of ether oxygens (including phenoxy) is 1. The van der Waals surface area contributed by atoms with Gasteiger partial charge in [0, 0.05) is 11.9 Å². The van der Waals surface area contributed by atoms with Crippen molar-refractivity contribution in [2.24, 2.45) is 0 Å². The average Bonchev–Trinajstić information content (AvgIpc) is 2.90. The van der Waals surface area contributed by atoms with E-state index in [1.165, 1.54) is 0 Å². The van der Waals surface area contributed by atoms with Crippen LogP contribution in [0.5, 0.6) is 5.75 Å². The molecule has 6 nitrogen and oxygen atoms in total. The molecule has 1 heterocycles. The Hall–Kier alpha value is -2.34. The van der Waals surface area contributed by atoms with E-state index in [0.29, 0.717) is 24.5 Å². The fourth-order valence-electron chi connectivity index (χ4n) is 2.45. The highest BCUT2D eigenvalue weighted by atomic mass is 16.5. The zero-order chi connectivity index (χ0) is 16.8. The topological polar surface area (TPSA) is 78.5 Å². The fourth-order valence-corrected chi connectivity index (χ4v) is 2.45. The summed E-state index contributed by atoms with van der Waals surface area (Å²) in [5.74, 6) is 0.538. The minimum Gasteiger partial charge on any atom is -0.494 e. The predicted octanol–water partition coefficient (Wildman–Crippen LogP) is 2.76. The molecule has 0 aliphatic heterocycles. The Morgan fingerprint density at radius 1 is 1.48 bits per heavy atom. The maximum absolute atomic E-state index is 11.7. The van der Waals surface area contributed by atoms with E-state index in [1.54, 1.807) is 24.2 Å². The number of benzene rings is 1. The van der Waals surface area contributed by atoms with Crippen LogP contribution in [0.25, 0.3) is 0 Å². The zero-order valence-electron chi connectivity index (χ0n) is 13.7. The number of hydrogen-bond donors (Lipinski definition) is 2. The number of likely N-dealkylation sites (N-methyl/N-ethyl adjacent to an activating group) is 1. The SMILES string of the molecule is CCCOc1cccc(C(C(=O)O)N(C)Cc2ncc(C)[nH]2)c1. The number of rotatable bonds is 8. The third-order valence-corrected chi connectivity index (χ3v) is 3.48. The van der Waals surface area contributed by atoms with Gasteiger partial charge in [-0.1, -0.05) is 19.1 Å². The van der Waals surface area contributed by atoms with Gasteiger partial charge < -0.3 is 14.8 Å². The average molecular weight is 317 g/mol. The third-order valence-electron chi connectivity index (χ3n) is 3.48. The highest BCUT2D eigenvalue weighted by molar-refractivity contribution is 5.75. The van der Waals surface area contributed by atoms with Crippen LogP contribution in [-0.2, 0) is 11.3 Å². The molecule has 0 spiro atoms. The summed E-state index contributed by atoms with van der Waals surface area (Å²) in [6, 6.07) is 6.50. The molecule has 6 heteroatoms. The maximum atomic E-state index is 11.7. The smallest absolute Gasteiger partial charge is 0.325 e. The molecule has 0 amide bonds. The van der Waals surface area contributed by atoms with Gasteiger partial charge in [0.25, 0.3) is 0 Å². The first kappa shape index (κ1) is 17.0. The molecule has 2 rings (SSSR count). The molecule has 0 saturated heterocycles. The van der Waals surface area contributed by atoms with Crippen LogP contribution in [0.2, 0.25) is 0 Å². The summed E-state index contributed by atoms with van der Waals surface area (Å²) in [7, 11) is 1.77. The molecule has 0 bridgehead atoms. The van der Waals surface area contributed by atoms with Crippen molar-refractivity contribution >= 4 is 5.97 Å². The van der Waals surface area contributed by atoms with Crippen molar-refractivity contribution in [1.82, 2.24) is 14.9 Å². The number of aliphatic carboxylic acids is 1. The second-order valence-corrected chi connectivity index (χ2v) is 5.59. The lowest BCUT2D eigenvalue weighted by molar-refractivity contribution is -0.143. The Balaban J connectivity index is 2.18. The summed E-state index contributed by atoms with van der Waals surface area (Å²) in [4.78, 5) is 20.9. The van der Waals surface area contributed by atoms with Crippen molar-refractivity contribution in [1.29, 1.82) is 0 Å². The molecular formula is C17H23N3O3. The van der Waals surface area contributed by atoms with Crippen LogP contribution in [0.15, 0.2) is 30.5 Å². The Morgan fingerprint density at radius 3 is 2.87 bits per heavy atom. The van der Waals surface area contributed by atoms with Crippen molar-refractivity contribution in [3.63, 3.8) is 0 Å². The number of hydrogen-bond acceptors (Lipinski definition) is 4. The molecule has 0 fully saturated rings. The number of aromatic amines is 1. The molecule has 1 unspecified atom stereocenters. The van der Waals surface area contributed by atoms with Crippen LogP contribution in [0.4, 0.5) is 0 Å². The van der Waals surface area contributed by atoms with Crippen LogP contribution in [0.1, 0.15) is 36.5 Å². The molecule has 0 aliphatic rings. The summed E-state index contributed by atoms with van der Waals surface area (Å²) < 4.78 is 5.60. The van der Waals surface area contributed by atoms with Gasteiger partial charge in [-0.2, -0.15) is 0 Å². The van der Waals surface area contributed by atoms with Crippen LogP contribution < -0.4 is 4.74 Å². The van der Waals surface area contributed by atoms with Crippen molar-refractivity contribution in [3.8, 4) is 5.75 Å². The first-order valence-corrected chi connectivity index (χ1v) is 7.67. The molecule has 0 radical (unpaired) electrons. The molecular weight excluding hydrogens is 294 g/mol. The number of nitrogens with zero attached hydrogens (tertiary/aromatic N) is 2. The molecule has 1 atom stereocenters. The summed E-state index contributed by atoms with van der Waals surface area (Å²) in [6.45, 7) is 4.98. The van der Waals surface area contributed by atoms with Gasteiger partial charge in [-0.25, -0.2) is 4.98 Å². The van der Waals surface area contributed by atoms with Crippen LogP contribution in [0.3, 0.4) is 0 Å². The molecule has 124 valence electrons. The van der Waals surface area contributed by atoms with E-state index in [0.717, 1.165) is 17.9 Å². The Morgan fingerprint density at radius 2 is 2.26 bits per heavy atom. The minimum atomic E-state index is -0.900. The number of carbonyl (C=O) groups is 1. The first-order chi connectivity index (χ1) is 11.0. The van der Waals surface area contributed by atoms with E-state index in [9.17, 15) is 9.90 Å². The Bertz CT molecular complexity index is 654. The summed E-state index contributed by atoms with van der Waals surface area (Å²) >= 11 is 0. The van der Waals surface area contributed by atoms with Gasteiger partial charge in [-0.15, -0.1) is 0 Å². The van der Waals surface area contributed by atoms with E-state index in [1.807, 2.05) is 32.0 Å². The van der Waals surface area contributed by atoms with E-state index < -0.39 is 12.0 Å². The van der Waals surface area contributed by atoms with Crippen molar-refractivity contribution in [3.05, 3.63) is 47.5 Å². The molecule has 2 N–H and O–H groups in total. The Labute approximate surface area is 136 Å². The fraction of sp³-hybridized carbons (Fsp3) is 0.412. The van der Waals surface area contributed by atoms with Gasteiger partial charge in [0.2, 0.25) is 0 Å². The lowest BCUT2D eigenvalue weighted by Crippen LogP contribution is -2.30. The third kappa shape index (κ3) is 4.56.